The average Bonchev–Trinajstić information content (AvgIpc) is 2.53. The van der Waals surface area contributed by atoms with E-state index in [2.05, 4.69) is 0 Å². The lowest BCUT2D eigenvalue weighted by atomic mass is 9.57. The van der Waals surface area contributed by atoms with Crippen molar-refractivity contribution in [1.82, 2.24) is 0 Å². The summed E-state index contributed by atoms with van der Waals surface area (Å²) in [5, 5.41) is 0. The van der Waals surface area contributed by atoms with Gasteiger partial charge in [0, 0.05) is 5.54 Å². The molecule has 4 rings (SSSR count). The number of nitrogens with two attached hydrogens (primary N) is 1. The maximum atomic E-state index is 13.5. The maximum Gasteiger partial charge on any atom is 0.416 e. The van der Waals surface area contributed by atoms with Crippen LogP contribution in [0.3, 0.4) is 0 Å². The standard InChI is InChI=1S/C20H24F3NO2/c1-17(2,3)26-16(25)18-8-10-19(24,11-9-18)15(12-18)13-6-4-5-7-14(13)20(21,22)23/h4-7,12H,8-11,24H2,1-3H3. The summed E-state index contributed by atoms with van der Waals surface area (Å²) >= 11 is 0. The molecule has 0 aliphatic heterocycles. The minimum atomic E-state index is -4.48. The Hall–Kier alpha value is -1.82. The van der Waals surface area contributed by atoms with Gasteiger partial charge in [0.1, 0.15) is 5.60 Å². The molecule has 1 saturated carbocycles. The summed E-state index contributed by atoms with van der Waals surface area (Å²) in [6.45, 7) is 5.35. The number of hydrogen-bond donors (Lipinski definition) is 1. The summed E-state index contributed by atoms with van der Waals surface area (Å²) in [7, 11) is 0. The normalized spacial score (nSPS) is 28.7. The lowest BCUT2D eigenvalue weighted by Gasteiger charge is -2.50. The van der Waals surface area contributed by atoms with Crippen molar-refractivity contribution in [3.8, 4) is 0 Å². The Morgan fingerprint density at radius 2 is 1.65 bits per heavy atom. The summed E-state index contributed by atoms with van der Waals surface area (Å²) in [5.74, 6) is -0.381. The second-order valence-electron chi connectivity index (χ2n) is 8.42. The Bertz CT molecular complexity index is 751. The number of carbonyl (C=O) groups excluding carboxylic acids is 1. The van der Waals surface area contributed by atoms with Crippen LogP contribution in [0.5, 0.6) is 0 Å². The predicted octanol–water partition coefficient (Wildman–Crippen LogP) is 4.70. The largest absolute Gasteiger partial charge is 0.459 e. The minimum absolute atomic E-state index is 0.0647. The molecule has 2 N–H and O–H groups in total. The predicted molar refractivity (Wildman–Crippen MR) is 93.1 cm³/mol. The van der Waals surface area contributed by atoms with E-state index in [9.17, 15) is 18.0 Å². The fraction of sp³-hybridized carbons (Fsp3) is 0.550. The van der Waals surface area contributed by atoms with E-state index in [1.54, 1.807) is 32.9 Å². The Balaban J connectivity index is 2.11. The van der Waals surface area contributed by atoms with Gasteiger partial charge in [-0.1, -0.05) is 24.3 Å². The monoisotopic (exact) mass is 367 g/mol. The van der Waals surface area contributed by atoms with Crippen LogP contribution >= 0.6 is 0 Å². The van der Waals surface area contributed by atoms with Crippen molar-refractivity contribution in [3.05, 3.63) is 41.5 Å². The Kier molecular flexibility index (Phi) is 4.26. The van der Waals surface area contributed by atoms with Crippen LogP contribution in [0, 0.1) is 5.41 Å². The molecular formula is C20H24F3NO2. The number of hydrogen-bond acceptors (Lipinski definition) is 3. The third-order valence-corrected chi connectivity index (χ3v) is 5.32. The summed E-state index contributed by atoms with van der Waals surface area (Å²) < 4.78 is 46.0. The second kappa shape index (κ2) is 5.84. The molecule has 1 aromatic rings. The van der Waals surface area contributed by atoms with Crippen LogP contribution in [0.4, 0.5) is 13.2 Å². The Morgan fingerprint density at radius 1 is 1.08 bits per heavy atom. The number of esters is 1. The van der Waals surface area contributed by atoms with Crippen molar-refractivity contribution in [2.24, 2.45) is 11.1 Å². The van der Waals surface area contributed by atoms with E-state index >= 15 is 0 Å². The average molecular weight is 367 g/mol. The third kappa shape index (κ3) is 3.27. The highest BCUT2D eigenvalue weighted by Crippen LogP contribution is 2.55. The van der Waals surface area contributed by atoms with Crippen molar-refractivity contribution in [2.45, 2.75) is 63.8 Å². The molecule has 6 heteroatoms. The van der Waals surface area contributed by atoms with Gasteiger partial charge in [-0.05, 0) is 63.7 Å². The summed E-state index contributed by atoms with van der Waals surface area (Å²) in [6, 6.07) is 5.42. The molecule has 0 saturated heterocycles. The van der Waals surface area contributed by atoms with E-state index in [1.165, 1.54) is 12.1 Å². The van der Waals surface area contributed by atoms with E-state index in [0.717, 1.165) is 6.07 Å². The van der Waals surface area contributed by atoms with Crippen LogP contribution < -0.4 is 5.73 Å². The number of benzene rings is 1. The molecule has 0 spiro atoms. The highest BCUT2D eigenvalue weighted by Gasteiger charge is 2.53. The first-order valence-corrected chi connectivity index (χ1v) is 8.79. The van der Waals surface area contributed by atoms with Gasteiger partial charge in [-0.2, -0.15) is 13.2 Å². The van der Waals surface area contributed by atoms with E-state index in [1.807, 2.05) is 0 Å². The van der Waals surface area contributed by atoms with Gasteiger partial charge in [-0.25, -0.2) is 0 Å². The quantitative estimate of drug-likeness (QED) is 0.771. The summed E-state index contributed by atoms with van der Waals surface area (Å²) in [4.78, 5) is 12.8. The molecule has 0 unspecified atom stereocenters. The van der Waals surface area contributed by atoms with Gasteiger partial charge in [0.15, 0.2) is 0 Å². The smallest absolute Gasteiger partial charge is 0.416 e. The molecular weight excluding hydrogens is 343 g/mol. The maximum absolute atomic E-state index is 13.5. The lowest BCUT2D eigenvalue weighted by Crippen LogP contribution is -2.54. The van der Waals surface area contributed by atoms with Gasteiger partial charge in [-0.3, -0.25) is 4.79 Å². The highest BCUT2D eigenvalue weighted by molar-refractivity contribution is 5.88. The topological polar surface area (TPSA) is 52.3 Å². The molecule has 0 heterocycles. The lowest BCUT2D eigenvalue weighted by molar-refractivity contribution is -0.167. The number of fused-ring (bicyclic) bond motifs is 2. The molecule has 0 aromatic heterocycles. The van der Waals surface area contributed by atoms with Crippen LogP contribution in [0.1, 0.15) is 57.6 Å². The van der Waals surface area contributed by atoms with Gasteiger partial charge in [0.2, 0.25) is 0 Å². The van der Waals surface area contributed by atoms with Crippen LogP contribution in [0.2, 0.25) is 0 Å². The first kappa shape index (κ1) is 19.0. The molecule has 26 heavy (non-hydrogen) atoms. The fourth-order valence-corrected chi connectivity index (χ4v) is 3.93. The van der Waals surface area contributed by atoms with Crippen LogP contribution in [0.25, 0.3) is 5.57 Å². The van der Waals surface area contributed by atoms with Crippen molar-refractivity contribution < 1.29 is 22.7 Å². The Labute approximate surface area is 151 Å². The van der Waals surface area contributed by atoms with Gasteiger partial charge in [0.25, 0.3) is 0 Å². The van der Waals surface area contributed by atoms with E-state index in [-0.39, 0.29) is 11.5 Å². The van der Waals surface area contributed by atoms with E-state index < -0.39 is 28.3 Å². The number of halogens is 3. The molecule has 2 bridgehead atoms. The Morgan fingerprint density at radius 3 is 2.19 bits per heavy atom. The van der Waals surface area contributed by atoms with E-state index in [0.29, 0.717) is 31.3 Å². The molecule has 0 amide bonds. The SMILES string of the molecule is CC(C)(C)OC(=O)C12C=C(c3ccccc3C(F)(F)F)C(N)(CC1)CC2. The highest BCUT2D eigenvalue weighted by atomic mass is 19.4. The molecule has 1 aromatic carbocycles. The number of rotatable bonds is 2. The zero-order valence-electron chi connectivity index (χ0n) is 15.2. The number of carbonyl (C=O) groups is 1. The molecule has 142 valence electrons. The van der Waals surface area contributed by atoms with Crippen LogP contribution in [-0.4, -0.2) is 17.1 Å². The van der Waals surface area contributed by atoms with Crippen LogP contribution in [-0.2, 0) is 15.7 Å². The molecule has 3 aliphatic rings. The van der Waals surface area contributed by atoms with Crippen molar-refractivity contribution in [2.75, 3.05) is 0 Å². The summed E-state index contributed by atoms with van der Waals surface area (Å²) in [5.41, 5.74) is 3.84. The number of ether oxygens (including phenoxy) is 1. The van der Waals surface area contributed by atoms with Gasteiger partial charge in [-0.15, -0.1) is 0 Å². The molecule has 3 nitrogen and oxygen atoms in total. The molecule has 0 atom stereocenters. The fourth-order valence-electron chi connectivity index (χ4n) is 3.93. The zero-order valence-corrected chi connectivity index (χ0v) is 15.2. The van der Waals surface area contributed by atoms with Crippen molar-refractivity contribution in [3.63, 3.8) is 0 Å². The van der Waals surface area contributed by atoms with E-state index in [4.69, 9.17) is 10.5 Å². The molecule has 0 radical (unpaired) electrons. The third-order valence-electron chi connectivity index (χ3n) is 5.32. The van der Waals surface area contributed by atoms with Gasteiger partial charge >= 0.3 is 12.1 Å². The zero-order chi connectivity index (χ0) is 19.4. The first-order chi connectivity index (χ1) is 11.9. The second-order valence-corrected chi connectivity index (χ2v) is 8.42. The van der Waals surface area contributed by atoms with Crippen molar-refractivity contribution in [1.29, 1.82) is 0 Å². The number of alkyl halides is 3. The van der Waals surface area contributed by atoms with Gasteiger partial charge in [0.05, 0.1) is 11.0 Å². The first-order valence-electron chi connectivity index (χ1n) is 8.79. The van der Waals surface area contributed by atoms with Gasteiger partial charge < -0.3 is 10.5 Å². The molecule has 1 fully saturated rings. The minimum Gasteiger partial charge on any atom is -0.459 e. The van der Waals surface area contributed by atoms with Crippen LogP contribution in [0.15, 0.2) is 30.3 Å². The van der Waals surface area contributed by atoms with Crippen molar-refractivity contribution >= 4 is 11.5 Å². The molecule has 3 aliphatic carbocycles. The summed E-state index contributed by atoms with van der Waals surface area (Å²) in [6.07, 6.45) is -0.914.